The number of amides is 3. The molecule has 1 saturated heterocycles. The molecule has 3 rings (SSSR count). The van der Waals surface area contributed by atoms with Crippen LogP contribution in [0, 0.1) is 12.8 Å². The predicted octanol–water partition coefficient (Wildman–Crippen LogP) is 2.49. The van der Waals surface area contributed by atoms with Crippen molar-refractivity contribution in [3.8, 4) is 0 Å². The Morgan fingerprint density at radius 1 is 1.24 bits per heavy atom. The van der Waals surface area contributed by atoms with E-state index in [9.17, 15) is 14.4 Å². The minimum absolute atomic E-state index is 0.0985. The molecule has 1 aliphatic heterocycles. The maximum atomic E-state index is 12.7. The number of aryl methyl sites for hydroxylation is 1. The van der Waals surface area contributed by atoms with E-state index in [1.54, 1.807) is 12.1 Å². The molecule has 2 fully saturated rings. The van der Waals surface area contributed by atoms with Gasteiger partial charge in [-0.2, -0.15) is 0 Å². The molecular weight excluding hydrogens is 318 g/mol. The average Bonchev–Trinajstić information content (AvgIpc) is 2.87. The molecule has 25 heavy (non-hydrogen) atoms. The minimum atomic E-state index is -0.503. The molecule has 1 saturated carbocycles. The van der Waals surface area contributed by atoms with Gasteiger partial charge < -0.3 is 11.1 Å². The van der Waals surface area contributed by atoms with Crippen molar-refractivity contribution >= 4 is 29.1 Å². The second kappa shape index (κ2) is 6.59. The molecule has 2 atom stereocenters. The number of imide groups is 1. The van der Waals surface area contributed by atoms with Gasteiger partial charge in [0, 0.05) is 24.1 Å². The van der Waals surface area contributed by atoms with Crippen LogP contribution in [0.5, 0.6) is 0 Å². The number of anilines is 2. The number of nitrogens with one attached hydrogen (secondary N) is 1. The molecule has 0 bridgehead atoms. The highest BCUT2D eigenvalue weighted by atomic mass is 16.2. The van der Waals surface area contributed by atoms with E-state index in [1.807, 2.05) is 19.9 Å². The van der Waals surface area contributed by atoms with Gasteiger partial charge in [-0.15, -0.1) is 0 Å². The third kappa shape index (κ3) is 3.44. The molecule has 0 radical (unpaired) electrons. The van der Waals surface area contributed by atoms with Crippen molar-refractivity contribution in [1.29, 1.82) is 0 Å². The Hall–Kier alpha value is -2.21. The first-order chi connectivity index (χ1) is 11.8. The highest BCUT2D eigenvalue weighted by Crippen LogP contribution is 2.33. The smallest absolute Gasteiger partial charge is 0.234 e. The van der Waals surface area contributed by atoms with Gasteiger partial charge in [0.15, 0.2) is 0 Å². The molecule has 1 aromatic carbocycles. The first-order valence-corrected chi connectivity index (χ1v) is 8.86. The van der Waals surface area contributed by atoms with Crippen molar-refractivity contribution < 1.29 is 14.4 Å². The van der Waals surface area contributed by atoms with E-state index >= 15 is 0 Å². The molecule has 1 aliphatic carbocycles. The van der Waals surface area contributed by atoms with Crippen LogP contribution in [-0.4, -0.2) is 23.3 Å². The maximum Gasteiger partial charge on any atom is 0.234 e. The van der Waals surface area contributed by atoms with Gasteiger partial charge in [-0.05, 0) is 44.4 Å². The van der Waals surface area contributed by atoms with Gasteiger partial charge in [0.1, 0.15) is 0 Å². The minimum Gasteiger partial charge on any atom is -0.326 e. The van der Waals surface area contributed by atoms with Crippen LogP contribution >= 0.6 is 0 Å². The van der Waals surface area contributed by atoms with E-state index in [0.29, 0.717) is 11.4 Å². The van der Waals surface area contributed by atoms with Gasteiger partial charge in [0.25, 0.3) is 0 Å². The average molecular weight is 343 g/mol. The Labute approximate surface area is 147 Å². The maximum absolute atomic E-state index is 12.7. The van der Waals surface area contributed by atoms with Gasteiger partial charge in [-0.3, -0.25) is 19.3 Å². The number of nitrogens with two attached hydrogens (primary N) is 1. The van der Waals surface area contributed by atoms with Gasteiger partial charge in [0.05, 0.1) is 11.6 Å². The fourth-order valence-electron chi connectivity index (χ4n) is 3.79. The summed E-state index contributed by atoms with van der Waals surface area (Å²) >= 11 is 0. The predicted molar refractivity (Wildman–Crippen MR) is 96.1 cm³/mol. The molecule has 3 amide bonds. The van der Waals surface area contributed by atoms with Crippen LogP contribution in [0.2, 0.25) is 0 Å². The molecule has 6 heteroatoms. The number of rotatable bonds is 3. The van der Waals surface area contributed by atoms with Crippen molar-refractivity contribution in [2.45, 2.75) is 57.9 Å². The first-order valence-electron chi connectivity index (χ1n) is 8.86. The highest BCUT2D eigenvalue weighted by molar-refractivity contribution is 6.20. The molecule has 1 heterocycles. The lowest BCUT2D eigenvalue weighted by Crippen LogP contribution is -2.51. The second-order valence-corrected chi connectivity index (χ2v) is 7.42. The lowest BCUT2D eigenvalue weighted by atomic mass is 9.74. The molecule has 2 aliphatic rings. The summed E-state index contributed by atoms with van der Waals surface area (Å²) in [5.74, 6) is -0.726. The van der Waals surface area contributed by atoms with Crippen LogP contribution in [-0.2, 0) is 14.4 Å². The molecule has 0 aromatic heterocycles. The monoisotopic (exact) mass is 343 g/mol. The standard InChI is InChI=1S/C19H25N3O3/c1-12-6-7-13(11-15(12)22-16(23)8-9-17(22)24)21-18(25)14-5-3-4-10-19(14,2)20/h6-7,11,14H,3-5,8-10,20H2,1-2H3,(H,21,25). The molecule has 134 valence electrons. The number of hydrogen-bond acceptors (Lipinski definition) is 4. The summed E-state index contributed by atoms with van der Waals surface area (Å²) in [5.41, 5.74) is 7.76. The molecular formula is C19H25N3O3. The topological polar surface area (TPSA) is 92.5 Å². The molecule has 6 nitrogen and oxygen atoms in total. The molecule has 0 spiro atoms. The van der Waals surface area contributed by atoms with E-state index in [4.69, 9.17) is 5.73 Å². The number of carbonyl (C=O) groups is 3. The van der Waals surface area contributed by atoms with Gasteiger partial charge in [-0.25, -0.2) is 0 Å². The van der Waals surface area contributed by atoms with Crippen molar-refractivity contribution in [3.63, 3.8) is 0 Å². The van der Waals surface area contributed by atoms with E-state index in [1.165, 1.54) is 4.90 Å². The fraction of sp³-hybridized carbons (Fsp3) is 0.526. The first kappa shape index (κ1) is 17.6. The normalized spacial score (nSPS) is 26.8. The van der Waals surface area contributed by atoms with Gasteiger partial charge in [0.2, 0.25) is 17.7 Å². The Kier molecular flexibility index (Phi) is 4.64. The number of benzene rings is 1. The summed E-state index contributed by atoms with van der Waals surface area (Å²) in [7, 11) is 0. The zero-order chi connectivity index (χ0) is 18.2. The second-order valence-electron chi connectivity index (χ2n) is 7.42. The van der Waals surface area contributed by atoms with Gasteiger partial charge in [-0.1, -0.05) is 18.9 Å². The SMILES string of the molecule is Cc1ccc(NC(=O)C2CCCCC2(C)N)cc1N1C(=O)CCC1=O. The number of carbonyl (C=O) groups excluding carboxylic acids is 3. The van der Waals surface area contributed by atoms with E-state index in [0.717, 1.165) is 31.2 Å². The lowest BCUT2D eigenvalue weighted by molar-refractivity contribution is -0.123. The molecule has 2 unspecified atom stereocenters. The Morgan fingerprint density at radius 3 is 2.56 bits per heavy atom. The summed E-state index contributed by atoms with van der Waals surface area (Å²) in [6.45, 7) is 3.77. The van der Waals surface area contributed by atoms with Crippen molar-refractivity contribution in [2.24, 2.45) is 11.7 Å². The lowest BCUT2D eigenvalue weighted by Gasteiger charge is -2.37. The van der Waals surface area contributed by atoms with E-state index in [2.05, 4.69) is 5.32 Å². The summed E-state index contributed by atoms with van der Waals surface area (Å²) in [4.78, 5) is 37.9. The highest BCUT2D eigenvalue weighted by Gasteiger charge is 2.38. The quantitative estimate of drug-likeness (QED) is 0.825. The van der Waals surface area contributed by atoms with E-state index < -0.39 is 5.54 Å². The van der Waals surface area contributed by atoms with Crippen LogP contribution in [0.4, 0.5) is 11.4 Å². The zero-order valence-corrected chi connectivity index (χ0v) is 14.8. The summed E-state index contributed by atoms with van der Waals surface area (Å²) < 4.78 is 0. The Morgan fingerprint density at radius 2 is 1.92 bits per heavy atom. The van der Waals surface area contributed by atoms with Crippen LogP contribution < -0.4 is 16.0 Å². The van der Waals surface area contributed by atoms with Gasteiger partial charge >= 0.3 is 0 Å². The zero-order valence-electron chi connectivity index (χ0n) is 14.8. The number of nitrogens with zero attached hydrogens (tertiary/aromatic N) is 1. The molecule has 1 aromatic rings. The Bertz CT molecular complexity index is 711. The van der Waals surface area contributed by atoms with Crippen molar-refractivity contribution in [2.75, 3.05) is 10.2 Å². The summed E-state index contributed by atoms with van der Waals surface area (Å²) in [5, 5.41) is 2.92. The van der Waals surface area contributed by atoms with Crippen molar-refractivity contribution in [3.05, 3.63) is 23.8 Å². The van der Waals surface area contributed by atoms with Crippen molar-refractivity contribution in [1.82, 2.24) is 0 Å². The summed E-state index contributed by atoms with van der Waals surface area (Å²) in [6, 6.07) is 5.30. The Balaban J connectivity index is 1.82. The number of hydrogen-bond donors (Lipinski definition) is 2. The van der Waals surface area contributed by atoms with E-state index in [-0.39, 0.29) is 36.5 Å². The third-order valence-corrected chi connectivity index (χ3v) is 5.34. The largest absolute Gasteiger partial charge is 0.326 e. The third-order valence-electron chi connectivity index (χ3n) is 5.34. The fourth-order valence-corrected chi connectivity index (χ4v) is 3.79. The van der Waals surface area contributed by atoms with Crippen LogP contribution in [0.3, 0.4) is 0 Å². The van der Waals surface area contributed by atoms with Crippen LogP contribution in [0.15, 0.2) is 18.2 Å². The molecule has 3 N–H and O–H groups in total. The van der Waals surface area contributed by atoms with Crippen LogP contribution in [0.25, 0.3) is 0 Å². The van der Waals surface area contributed by atoms with Crippen LogP contribution in [0.1, 0.15) is 51.0 Å². The summed E-state index contributed by atoms with van der Waals surface area (Å²) in [6.07, 6.45) is 4.14.